The van der Waals surface area contributed by atoms with E-state index < -0.39 is 10.1 Å². The summed E-state index contributed by atoms with van der Waals surface area (Å²) in [4.78, 5) is 11.0. The van der Waals surface area contributed by atoms with Gasteiger partial charge in [-0.15, -0.1) is 0 Å². The van der Waals surface area contributed by atoms with Crippen LogP contribution in [0.25, 0.3) is 0 Å². The van der Waals surface area contributed by atoms with E-state index >= 15 is 0 Å². The molecule has 0 saturated carbocycles. The molecule has 0 fully saturated rings. The summed E-state index contributed by atoms with van der Waals surface area (Å²) in [5.74, 6) is -0.354. The third-order valence-electron chi connectivity index (χ3n) is 1.27. The molecule has 0 saturated heterocycles. The first-order valence-electron chi connectivity index (χ1n) is 3.81. The quantitative estimate of drug-likeness (QED) is 0.532. The number of carbonyl (C=O) groups is 1. The average Bonchev–Trinajstić information content (AvgIpc) is 1.96. The molecule has 0 aliphatic rings. The number of carbonyl (C=O) groups excluding carboxylic acids is 1. The molecule has 0 spiro atoms. The van der Waals surface area contributed by atoms with Crippen LogP contribution in [0.3, 0.4) is 0 Å². The number of rotatable bonds is 4. The van der Waals surface area contributed by atoms with Crippen LogP contribution in [0.2, 0.25) is 0 Å². The highest BCUT2D eigenvalue weighted by atomic mass is 32.2. The van der Waals surface area contributed by atoms with E-state index in [9.17, 15) is 13.2 Å². The summed E-state index contributed by atoms with van der Waals surface area (Å²) < 4.78 is 29.2. The van der Waals surface area contributed by atoms with Gasteiger partial charge >= 0.3 is 0 Å². The maximum atomic E-state index is 11.0. The smallest absolute Gasteiger partial charge is 0.287 e. The van der Waals surface area contributed by atoms with E-state index in [1.807, 2.05) is 0 Å². The minimum Gasteiger partial charge on any atom is -0.349 e. The molecule has 0 aromatic carbocycles. The Bertz CT molecular complexity index is 367. The molecule has 0 aromatic rings. The summed E-state index contributed by atoms with van der Waals surface area (Å²) in [6.07, 6.45) is 0. The van der Waals surface area contributed by atoms with E-state index in [0.717, 1.165) is 0 Å². The molecule has 0 atom stereocenters. The number of amides is 1. The fourth-order valence-electron chi connectivity index (χ4n) is 0.666. The molecule has 80 valence electrons. The van der Waals surface area contributed by atoms with Crippen LogP contribution in [0.5, 0.6) is 0 Å². The number of hydrogen-bond acceptors (Lipinski definition) is 3. The van der Waals surface area contributed by atoms with Crippen LogP contribution in [0.4, 0.5) is 0 Å². The highest BCUT2D eigenvalue weighted by Crippen LogP contribution is 1.96. The van der Waals surface area contributed by atoms with Gasteiger partial charge in [-0.25, -0.2) is 0 Å². The Morgan fingerprint density at radius 2 is 2.00 bits per heavy atom. The molecular weight excluding hydrogens is 206 g/mol. The van der Waals surface area contributed by atoms with Crippen molar-refractivity contribution in [1.82, 2.24) is 5.32 Å². The van der Waals surface area contributed by atoms with Crippen LogP contribution < -0.4 is 5.32 Å². The molecule has 14 heavy (non-hydrogen) atoms. The van der Waals surface area contributed by atoms with Crippen molar-refractivity contribution in [3.8, 4) is 0 Å². The lowest BCUT2D eigenvalue weighted by molar-refractivity contribution is -0.117. The largest absolute Gasteiger partial charge is 0.349 e. The van der Waals surface area contributed by atoms with Crippen molar-refractivity contribution in [3.05, 3.63) is 23.1 Å². The van der Waals surface area contributed by atoms with Crippen LogP contribution in [0.1, 0.15) is 13.8 Å². The van der Waals surface area contributed by atoms with Gasteiger partial charge < -0.3 is 5.32 Å². The van der Waals surface area contributed by atoms with Crippen LogP contribution in [0, 0.1) is 0 Å². The van der Waals surface area contributed by atoms with Gasteiger partial charge in [0.25, 0.3) is 10.1 Å². The van der Waals surface area contributed by atoms with Gasteiger partial charge in [-0.2, -0.15) is 8.42 Å². The molecule has 0 aromatic heterocycles. The van der Waals surface area contributed by atoms with Crippen LogP contribution in [-0.2, 0) is 14.9 Å². The second-order valence-electron chi connectivity index (χ2n) is 2.94. The SMILES string of the molecule is C=C(C)C(=O)NCC(C)=CS(=O)(=O)O. The Morgan fingerprint density at radius 3 is 2.36 bits per heavy atom. The number of nitrogens with one attached hydrogen (secondary N) is 1. The van der Waals surface area contributed by atoms with Gasteiger partial charge in [0.1, 0.15) is 0 Å². The Labute approximate surface area is 83.3 Å². The van der Waals surface area contributed by atoms with Crippen molar-refractivity contribution in [1.29, 1.82) is 0 Å². The summed E-state index contributed by atoms with van der Waals surface area (Å²) in [5.41, 5.74) is 0.673. The molecule has 0 unspecified atom stereocenters. The van der Waals surface area contributed by atoms with E-state index in [-0.39, 0.29) is 12.5 Å². The van der Waals surface area contributed by atoms with Crippen molar-refractivity contribution >= 4 is 16.0 Å². The van der Waals surface area contributed by atoms with E-state index in [4.69, 9.17) is 4.55 Å². The van der Waals surface area contributed by atoms with E-state index in [1.165, 1.54) is 13.8 Å². The van der Waals surface area contributed by atoms with E-state index in [0.29, 0.717) is 16.6 Å². The Kier molecular flexibility index (Phi) is 4.52. The molecule has 0 heterocycles. The van der Waals surface area contributed by atoms with Gasteiger partial charge in [-0.05, 0) is 19.4 Å². The third-order valence-corrected chi connectivity index (χ3v) is 1.97. The summed E-state index contributed by atoms with van der Waals surface area (Å²) >= 11 is 0. The topological polar surface area (TPSA) is 83.5 Å². The predicted octanol–water partition coefficient (Wildman–Crippen LogP) is 0.470. The van der Waals surface area contributed by atoms with Crippen molar-refractivity contribution in [2.24, 2.45) is 0 Å². The predicted molar refractivity (Wildman–Crippen MR) is 53.1 cm³/mol. The lowest BCUT2D eigenvalue weighted by Gasteiger charge is -2.03. The van der Waals surface area contributed by atoms with Gasteiger partial charge in [0, 0.05) is 12.1 Å². The van der Waals surface area contributed by atoms with Crippen molar-refractivity contribution in [2.75, 3.05) is 6.54 Å². The molecule has 0 aliphatic heterocycles. The summed E-state index contributed by atoms with van der Waals surface area (Å²) in [6, 6.07) is 0. The zero-order valence-corrected chi connectivity index (χ0v) is 8.89. The average molecular weight is 219 g/mol. The van der Waals surface area contributed by atoms with Gasteiger partial charge in [0.05, 0.1) is 5.41 Å². The maximum absolute atomic E-state index is 11.0. The van der Waals surface area contributed by atoms with Crippen LogP contribution >= 0.6 is 0 Å². The molecule has 0 rings (SSSR count). The fourth-order valence-corrected chi connectivity index (χ4v) is 1.26. The first-order valence-corrected chi connectivity index (χ1v) is 5.31. The van der Waals surface area contributed by atoms with E-state index in [2.05, 4.69) is 11.9 Å². The van der Waals surface area contributed by atoms with Crippen LogP contribution in [-0.4, -0.2) is 25.4 Å². The molecule has 2 N–H and O–H groups in total. The zero-order valence-electron chi connectivity index (χ0n) is 8.07. The molecule has 0 bridgehead atoms. The second kappa shape index (κ2) is 4.92. The normalized spacial score (nSPS) is 12.4. The second-order valence-corrected chi connectivity index (χ2v) is 4.21. The third kappa shape index (κ3) is 6.38. The van der Waals surface area contributed by atoms with Crippen molar-refractivity contribution in [3.63, 3.8) is 0 Å². The number of hydrogen-bond donors (Lipinski definition) is 2. The van der Waals surface area contributed by atoms with Gasteiger partial charge in [0.2, 0.25) is 5.91 Å². The summed E-state index contributed by atoms with van der Waals surface area (Å²) in [6.45, 7) is 6.49. The minimum absolute atomic E-state index is 0.0610. The monoisotopic (exact) mass is 219 g/mol. The minimum atomic E-state index is -4.13. The highest BCUT2D eigenvalue weighted by Gasteiger charge is 2.03. The summed E-state index contributed by atoms with van der Waals surface area (Å²) in [5, 5.41) is 3.11. The van der Waals surface area contributed by atoms with Gasteiger partial charge in [-0.3, -0.25) is 9.35 Å². The molecular formula is C8H13NO4S. The lowest BCUT2D eigenvalue weighted by atomic mass is 10.3. The molecule has 0 radical (unpaired) electrons. The molecule has 1 amide bonds. The van der Waals surface area contributed by atoms with Crippen molar-refractivity contribution < 1.29 is 17.8 Å². The molecule has 5 nitrogen and oxygen atoms in total. The zero-order chi connectivity index (χ0) is 11.4. The molecule has 0 aliphatic carbocycles. The van der Waals surface area contributed by atoms with Gasteiger partial charge in [-0.1, -0.05) is 6.58 Å². The standard InChI is InChI=1S/C8H13NO4S/c1-6(2)8(10)9-4-7(3)5-14(11,12)13/h5H,1,4H2,2-3H3,(H,9,10)(H,11,12,13). The maximum Gasteiger partial charge on any atom is 0.287 e. The lowest BCUT2D eigenvalue weighted by Crippen LogP contribution is -2.25. The van der Waals surface area contributed by atoms with E-state index in [1.54, 1.807) is 0 Å². The van der Waals surface area contributed by atoms with Crippen LogP contribution in [0.15, 0.2) is 23.1 Å². The first-order chi connectivity index (χ1) is 6.22. The first kappa shape index (κ1) is 12.9. The fraction of sp³-hybridized carbons (Fsp3) is 0.375. The highest BCUT2D eigenvalue weighted by molar-refractivity contribution is 7.88. The van der Waals surface area contributed by atoms with Crippen molar-refractivity contribution in [2.45, 2.75) is 13.8 Å². The Balaban J connectivity index is 4.24. The Morgan fingerprint density at radius 1 is 1.50 bits per heavy atom. The summed E-state index contributed by atoms with van der Waals surface area (Å²) in [7, 11) is -4.13. The Hall–Kier alpha value is -1.14. The molecule has 6 heteroatoms. The van der Waals surface area contributed by atoms with Gasteiger partial charge in [0.15, 0.2) is 0 Å².